The number of carboxylic acid groups (broad SMARTS) is 2. The lowest BCUT2D eigenvalue weighted by Crippen LogP contribution is -2.39. The lowest BCUT2D eigenvalue weighted by molar-refractivity contribution is -0.312. The number of ether oxygens (including phenoxy) is 7. The summed E-state index contributed by atoms with van der Waals surface area (Å²) in [5.41, 5.74) is -1.09. The van der Waals surface area contributed by atoms with E-state index in [4.69, 9.17) is 38.3 Å². The fraction of sp³-hybridized carbons (Fsp3) is 0.809. The number of nitrogens with one attached hydrogen (secondary N) is 3. The molecule has 22 heteroatoms. The van der Waals surface area contributed by atoms with E-state index in [-0.39, 0.29) is 141 Å². The summed E-state index contributed by atoms with van der Waals surface area (Å²) >= 11 is 0. The number of rotatable bonds is 42. The first-order valence-corrected chi connectivity index (χ1v) is 24.1. The molecule has 69 heavy (non-hydrogen) atoms. The zero-order valence-electron chi connectivity index (χ0n) is 41.8. The van der Waals surface area contributed by atoms with Crippen molar-refractivity contribution in [2.24, 2.45) is 40.9 Å². The summed E-state index contributed by atoms with van der Waals surface area (Å²) in [7, 11) is 0. The average Bonchev–Trinajstić information content (AvgIpc) is 3.33. The summed E-state index contributed by atoms with van der Waals surface area (Å²) in [5, 5.41) is 39.6. The number of hydrogen-bond acceptors (Lipinski definition) is 21. The summed E-state index contributed by atoms with van der Waals surface area (Å²) in [5.74, 6) is -11.5. The van der Waals surface area contributed by atoms with E-state index in [9.17, 15) is 53.4 Å². The summed E-state index contributed by atoms with van der Waals surface area (Å²) < 4.78 is 37.2. The first-order chi connectivity index (χ1) is 32.8. The third kappa shape index (κ3) is 29.6. The van der Waals surface area contributed by atoms with Crippen LogP contribution in [0.15, 0.2) is 0 Å². The van der Waals surface area contributed by atoms with Gasteiger partial charge < -0.3 is 69.2 Å². The first kappa shape index (κ1) is 64.1. The maximum Gasteiger partial charge on any atom is 0.308 e. The molecule has 0 bridgehead atoms. The molecule has 0 aliphatic carbocycles. The van der Waals surface area contributed by atoms with Crippen LogP contribution in [0.3, 0.4) is 0 Å². The van der Waals surface area contributed by atoms with Gasteiger partial charge in [0, 0.05) is 51.2 Å². The van der Waals surface area contributed by atoms with Gasteiger partial charge >= 0.3 is 47.8 Å². The Bertz CT molecular complexity index is 1510. The van der Waals surface area contributed by atoms with E-state index < -0.39 is 83.9 Å². The third-order valence-electron chi connectivity index (χ3n) is 11.5. The van der Waals surface area contributed by atoms with Crippen LogP contribution < -0.4 is 21.1 Å². The summed E-state index contributed by atoms with van der Waals surface area (Å²) in [6.45, 7) is 12.3. The Morgan fingerprint density at radius 3 is 1.20 bits per heavy atom. The molecule has 22 nitrogen and oxygen atoms in total. The molecule has 0 saturated carbocycles. The van der Waals surface area contributed by atoms with Gasteiger partial charge in [-0.2, -0.15) is 0 Å². The van der Waals surface area contributed by atoms with E-state index in [0.717, 1.165) is 0 Å². The van der Waals surface area contributed by atoms with Crippen molar-refractivity contribution in [3.8, 4) is 0 Å². The normalized spacial score (nSPS) is 14.6. The van der Waals surface area contributed by atoms with Crippen LogP contribution in [0.2, 0.25) is 0 Å². The fourth-order valence-electron chi connectivity index (χ4n) is 6.22. The van der Waals surface area contributed by atoms with Crippen molar-refractivity contribution in [3.05, 3.63) is 0 Å². The van der Waals surface area contributed by atoms with Crippen molar-refractivity contribution in [1.29, 1.82) is 0 Å². The highest BCUT2D eigenvalue weighted by Crippen LogP contribution is 2.28. The summed E-state index contributed by atoms with van der Waals surface area (Å²) in [4.78, 5) is 111. The van der Waals surface area contributed by atoms with Gasteiger partial charge in [0.1, 0.15) is 46.2 Å². The Hall–Kier alpha value is -4.93. The first-order valence-electron chi connectivity index (χ1n) is 24.1. The molecule has 0 aromatic heterocycles. The molecule has 6 atom stereocenters. The van der Waals surface area contributed by atoms with Crippen molar-refractivity contribution < 1.29 is 91.6 Å². The minimum atomic E-state index is -1.55. The molecule has 0 aromatic carbocycles. The molecule has 5 N–H and O–H groups in total. The Balaban J connectivity index is 5.20. The quantitative estimate of drug-likeness (QED) is 0.0325. The highest BCUT2D eigenvalue weighted by molar-refractivity contribution is 5.77. The number of carbonyl (C=O) groups excluding carboxylic acids is 8. The minimum Gasteiger partial charge on any atom is -0.550 e. The van der Waals surface area contributed by atoms with Crippen molar-refractivity contribution in [1.82, 2.24) is 16.0 Å². The largest absolute Gasteiger partial charge is 0.550 e. The van der Waals surface area contributed by atoms with E-state index >= 15 is 0 Å². The maximum atomic E-state index is 12.9. The van der Waals surface area contributed by atoms with Crippen molar-refractivity contribution in [2.75, 3.05) is 92.1 Å². The van der Waals surface area contributed by atoms with Crippen LogP contribution in [0.1, 0.15) is 113 Å². The van der Waals surface area contributed by atoms with Gasteiger partial charge in [0.05, 0.1) is 60.9 Å². The second kappa shape index (κ2) is 37.9. The van der Waals surface area contributed by atoms with Crippen molar-refractivity contribution in [3.63, 3.8) is 0 Å². The van der Waals surface area contributed by atoms with Crippen molar-refractivity contribution >= 4 is 53.7 Å². The van der Waals surface area contributed by atoms with Crippen LogP contribution in [0.4, 0.5) is 0 Å². The van der Waals surface area contributed by atoms with Gasteiger partial charge in [-0.3, -0.25) is 38.4 Å². The van der Waals surface area contributed by atoms with Gasteiger partial charge in [-0.15, -0.1) is 0 Å². The Labute approximate surface area is 406 Å². The highest BCUT2D eigenvalue weighted by Gasteiger charge is 2.35. The number of aliphatic hydroxyl groups excluding tert-OH is 1. The topological polar surface area (TPSA) is 318 Å². The lowest BCUT2D eigenvalue weighted by atomic mass is 9.82. The number of carboxylic acids is 2. The number of carbonyl (C=O) groups is 9. The summed E-state index contributed by atoms with van der Waals surface area (Å²) in [6.07, 6.45) is 0.783. The zero-order valence-corrected chi connectivity index (χ0v) is 41.8. The molecule has 6 unspecified atom stereocenters. The van der Waals surface area contributed by atoms with Gasteiger partial charge in [0.15, 0.2) is 0 Å². The zero-order chi connectivity index (χ0) is 52.2. The smallest absolute Gasteiger partial charge is 0.308 e. The molecule has 0 aromatic rings. The van der Waals surface area contributed by atoms with Crippen LogP contribution in [0, 0.1) is 40.9 Å². The van der Waals surface area contributed by atoms with Crippen LogP contribution >= 0.6 is 0 Å². The van der Waals surface area contributed by atoms with Crippen LogP contribution in [-0.2, 0) is 76.3 Å². The SMILES string of the molecule is CCC(C)C(=O)OCCNCCC(=O)OCC(CC)(COC(=O)CCNCCOC(=O)C(C)CC)COC(=O)CCNCCOC(=O)C(CC)CC(CC(CC(C)C(=O)OCCO)C(=O)[O-])C(=O)O. The van der Waals surface area contributed by atoms with Gasteiger partial charge in [-0.25, -0.2) is 0 Å². The highest BCUT2D eigenvalue weighted by atomic mass is 16.6. The van der Waals surface area contributed by atoms with E-state index in [2.05, 4.69) is 16.0 Å². The van der Waals surface area contributed by atoms with Crippen LogP contribution in [0.25, 0.3) is 0 Å². The fourth-order valence-corrected chi connectivity index (χ4v) is 6.22. The Morgan fingerprint density at radius 1 is 0.478 bits per heavy atom. The standard InChI is InChI=1S/C47H81N3O19/c1-8-32(5)43(59)63-22-18-48-15-12-38(52)67-29-47(11-4,30-68-39(53)13-16-49-19-23-64-44(60)33(6)9-2)31-69-40(54)14-17-50-20-24-65-46(62)35(10-3)27-37(42(57)58)28-36(41(55)56)26-34(7)45(61)66-25-21-51/h32-37,48-51H,8-31H2,1-7H3,(H,55,56)(H,57,58)/p-1. The molecule has 0 rings (SSSR count). The lowest BCUT2D eigenvalue weighted by Gasteiger charge is -2.31. The molecule has 0 aliphatic rings. The molecule has 0 fully saturated rings. The molecular weight excluding hydrogens is 911 g/mol. The molecule has 0 heterocycles. The van der Waals surface area contributed by atoms with Gasteiger partial charge in [0.25, 0.3) is 0 Å². The predicted octanol–water partition coefficient (Wildman–Crippen LogP) is 1.11. The van der Waals surface area contributed by atoms with Crippen LogP contribution in [-0.4, -0.2) is 156 Å². The average molecular weight is 991 g/mol. The third-order valence-corrected chi connectivity index (χ3v) is 11.5. The monoisotopic (exact) mass is 991 g/mol. The molecule has 0 saturated heterocycles. The maximum absolute atomic E-state index is 12.9. The molecule has 0 aliphatic heterocycles. The molecule has 0 spiro atoms. The summed E-state index contributed by atoms with van der Waals surface area (Å²) in [6, 6.07) is 0. The number of aliphatic carboxylic acids is 2. The number of hydrogen-bond donors (Lipinski definition) is 5. The number of aliphatic hydroxyl groups is 1. The number of esters is 7. The second-order valence-electron chi connectivity index (χ2n) is 17.1. The van der Waals surface area contributed by atoms with Crippen LogP contribution in [0.5, 0.6) is 0 Å². The Kier molecular flexibility index (Phi) is 35.2. The molecule has 0 radical (unpaired) electrons. The van der Waals surface area contributed by atoms with E-state index in [1.54, 1.807) is 27.7 Å². The molecule has 398 valence electrons. The second-order valence-corrected chi connectivity index (χ2v) is 17.1. The Morgan fingerprint density at radius 2 is 0.855 bits per heavy atom. The van der Waals surface area contributed by atoms with E-state index in [1.807, 2.05) is 13.8 Å². The van der Waals surface area contributed by atoms with Gasteiger partial charge in [-0.05, 0) is 44.9 Å². The van der Waals surface area contributed by atoms with Gasteiger partial charge in [0.2, 0.25) is 0 Å². The van der Waals surface area contributed by atoms with Gasteiger partial charge in [-0.1, -0.05) is 48.5 Å². The predicted molar refractivity (Wildman–Crippen MR) is 244 cm³/mol. The molecule has 0 amide bonds. The van der Waals surface area contributed by atoms with E-state index in [1.165, 1.54) is 6.92 Å². The molecular formula is C47H80N3O19-. The van der Waals surface area contributed by atoms with Crippen molar-refractivity contribution in [2.45, 2.75) is 113 Å². The minimum absolute atomic E-state index is 0.0151. The van der Waals surface area contributed by atoms with E-state index in [0.29, 0.717) is 25.9 Å².